The largest absolute Gasteiger partial charge is 0.491 e. The number of nitrogens with zero attached hydrogens (tertiary/aromatic N) is 2. The summed E-state index contributed by atoms with van der Waals surface area (Å²) >= 11 is 0. The molecular formula is C24H26FN3O3. The van der Waals surface area contributed by atoms with Crippen molar-refractivity contribution in [2.75, 3.05) is 11.9 Å². The minimum Gasteiger partial charge on any atom is -0.491 e. The Kier molecular flexibility index (Phi) is 6.81. The molecule has 0 aliphatic rings. The van der Waals surface area contributed by atoms with E-state index in [1.807, 2.05) is 50.5 Å². The van der Waals surface area contributed by atoms with Crippen molar-refractivity contribution < 1.29 is 18.7 Å². The highest BCUT2D eigenvalue weighted by molar-refractivity contribution is 5.96. The lowest BCUT2D eigenvalue weighted by molar-refractivity contribution is 0.161. The number of amides is 1. The highest BCUT2D eigenvalue weighted by atomic mass is 19.1. The summed E-state index contributed by atoms with van der Waals surface area (Å²) in [5.41, 5.74) is 2.24. The monoisotopic (exact) mass is 423 g/mol. The maximum absolute atomic E-state index is 14.9. The van der Waals surface area contributed by atoms with Crippen LogP contribution in [0.1, 0.15) is 39.7 Å². The number of benzene rings is 2. The predicted octanol–water partition coefficient (Wildman–Crippen LogP) is 6.08. The Hall–Kier alpha value is -3.53. The van der Waals surface area contributed by atoms with Gasteiger partial charge in [-0.05, 0) is 57.5 Å². The quantitative estimate of drug-likeness (QED) is 0.499. The summed E-state index contributed by atoms with van der Waals surface area (Å²) in [5.74, 6) is 0.195. The number of fused-ring (bicyclic) bond motifs is 1. The summed E-state index contributed by atoms with van der Waals surface area (Å²) in [5, 5.41) is 13.2. The molecule has 0 unspecified atom stereocenters. The third-order valence-electron chi connectivity index (χ3n) is 4.74. The molecule has 1 amide bonds. The number of aryl methyl sites for hydroxylation is 1. The van der Waals surface area contributed by atoms with Gasteiger partial charge in [-0.2, -0.15) is 5.26 Å². The van der Waals surface area contributed by atoms with Crippen LogP contribution in [-0.2, 0) is 11.3 Å². The number of ether oxygens (including phenoxy) is 2. The molecule has 7 heteroatoms. The molecule has 0 atom stereocenters. The molecule has 1 aromatic heterocycles. The standard InChI is InChI=1S/C24H26FN3O3/c1-5-11-30-24(29)27-16-7-10-21(25)19(12-16)23-20(14-26)18-9-8-17(31-15(3)4)13-22(18)28(23)6-2/h7-10,12-13,15H,5-6,11H2,1-4H3,(H,27,29). The van der Waals surface area contributed by atoms with Crippen LogP contribution in [0.5, 0.6) is 5.75 Å². The predicted molar refractivity (Wildman–Crippen MR) is 119 cm³/mol. The van der Waals surface area contributed by atoms with Crippen LogP contribution in [0.3, 0.4) is 0 Å². The molecule has 1 heterocycles. The van der Waals surface area contributed by atoms with Crippen molar-refractivity contribution in [3.8, 4) is 23.1 Å². The first-order chi connectivity index (χ1) is 14.9. The lowest BCUT2D eigenvalue weighted by Crippen LogP contribution is -2.14. The molecule has 0 saturated carbocycles. The van der Waals surface area contributed by atoms with Crippen LogP contribution < -0.4 is 10.1 Å². The van der Waals surface area contributed by atoms with Crippen molar-refractivity contribution in [2.24, 2.45) is 0 Å². The second-order valence-electron chi connectivity index (χ2n) is 7.38. The SMILES string of the molecule is CCCOC(=O)Nc1ccc(F)c(-c2c(C#N)c3ccc(OC(C)C)cc3n2CC)c1. The average molecular weight is 423 g/mol. The Morgan fingerprint density at radius 1 is 1.23 bits per heavy atom. The van der Waals surface area contributed by atoms with Gasteiger partial charge in [-0.15, -0.1) is 0 Å². The molecule has 0 saturated heterocycles. The van der Waals surface area contributed by atoms with Crippen molar-refractivity contribution in [2.45, 2.75) is 46.8 Å². The molecule has 6 nitrogen and oxygen atoms in total. The molecule has 0 spiro atoms. The fourth-order valence-corrected chi connectivity index (χ4v) is 3.53. The van der Waals surface area contributed by atoms with Crippen molar-refractivity contribution in [1.82, 2.24) is 4.57 Å². The van der Waals surface area contributed by atoms with E-state index >= 15 is 0 Å². The molecule has 2 aromatic carbocycles. The van der Waals surface area contributed by atoms with Gasteiger partial charge in [0.1, 0.15) is 17.6 Å². The van der Waals surface area contributed by atoms with Crippen LogP contribution >= 0.6 is 0 Å². The number of aromatic nitrogens is 1. The molecule has 0 radical (unpaired) electrons. The fourth-order valence-electron chi connectivity index (χ4n) is 3.53. The van der Waals surface area contributed by atoms with E-state index in [1.165, 1.54) is 18.2 Å². The third kappa shape index (κ3) is 4.64. The van der Waals surface area contributed by atoms with E-state index in [9.17, 15) is 14.4 Å². The molecule has 0 aliphatic heterocycles. The minimum atomic E-state index is -0.605. The minimum absolute atomic E-state index is 0.00469. The number of rotatable bonds is 7. The van der Waals surface area contributed by atoms with E-state index < -0.39 is 11.9 Å². The highest BCUT2D eigenvalue weighted by Crippen LogP contribution is 2.37. The number of nitrogens with one attached hydrogen (secondary N) is 1. The second kappa shape index (κ2) is 9.52. The molecule has 0 aliphatic carbocycles. The van der Waals surface area contributed by atoms with Crippen LogP contribution in [0.25, 0.3) is 22.2 Å². The zero-order valence-corrected chi connectivity index (χ0v) is 18.2. The molecule has 3 rings (SSSR count). The molecule has 0 fully saturated rings. The highest BCUT2D eigenvalue weighted by Gasteiger charge is 2.22. The molecule has 1 N–H and O–H groups in total. The van der Waals surface area contributed by atoms with E-state index in [-0.39, 0.29) is 11.7 Å². The van der Waals surface area contributed by atoms with Gasteiger partial charge in [0, 0.05) is 29.2 Å². The smallest absolute Gasteiger partial charge is 0.411 e. The normalized spacial score (nSPS) is 10.9. The van der Waals surface area contributed by atoms with E-state index in [1.54, 1.807) is 0 Å². The maximum atomic E-state index is 14.9. The lowest BCUT2D eigenvalue weighted by atomic mass is 10.0. The number of carbonyl (C=O) groups excluding carboxylic acids is 1. The van der Waals surface area contributed by atoms with Gasteiger partial charge in [-0.1, -0.05) is 6.92 Å². The van der Waals surface area contributed by atoms with E-state index in [2.05, 4.69) is 11.4 Å². The zero-order chi connectivity index (χ0) is 22.5. The summed E-state index contributed by atoms with van der Waals surface area (Å²) in [6.07, 6.45) is 0.101. The van der Waals surface area contributed by atoms with Gasteiger partial charge in [-0.3, -0.25) is 5.32 Å². The Balaban J connectivity index is 2.14. The van der Waals surface area contributed by atoms with Gasteiger partial charge in [0.15, 0.2) is 0 Å². The Morgan fingerprint density at radius 2 is 2.00 bits per heavy atom. The van der Waals surface area contributed by atoms with Crippen LogP contribution in [0.2, 0.25) is 0 Å². The molecule has 3 aromatic rings. The summed E-state index contributed by atoms with van der Waals surface area (Å²) < 4.78 is 27.6. The maximum Gasteiger partial charge on any atom is 0.411 e. The van der Waals surface area contributed by atoms with Crippen molar-refractivity contribution in [3.63, 3.8) is 0 Å². The van der Waals surface area contributed by atoms with Gasteiger partial charge in [0.25, 0.3) is 0 Å². The number of halogens is 1. The first-order valence-corrected chi connectivity index (χ1v) is 10.4. The molecule has 31 heavy (non-hydrogen) atoms. The Morgan fingerprint density at radius 3 is 2.65 bits per heavy atom. The summed E-state index contributed by atoms with van der Waals surface area (Å²) in [4.78, 5) is 11.9. The molecule has 0 bridgehead atoms. The Labute approximate surface area is 181 Å². The van der Waals surface area contributed by atoms with Gasteiger partial charge in [0.2, 0.25) is 0 Å². The number of carbonyl (C=O) groups is 1. The van der Waals surface area contributed by atoms with Gasteiger partial charge < -0.3 is 14.0 Å². The fraction of sp³-hybridized carbons (Fsp3) is 0.333. The first kappa shape index (κ1) is 22.2. The zero-order valence-electron chi connectivity index (χ0n) is 18.2. The van der Waals surface area contributed by atoms with Crippen molar-refractivity contribution >= 4 is 22.7 Å². The van der Waals surface area contributed by atoms with Crippen molar-refractivity contribution in [3.05, 3.63) is 47.8 Å². The van der Waals surface area contributed by atoms with Gasteiger partial charge >= 0.3 is 6.09 Å². The third-order valence-corrected chi connectivity index (χ3v) is 4.74. The number of hydrogen-bond donors (Lipinski definition) is 1. The molecule has 162 valence electrons. The molecular weight excluding hydrogens is 397 g/mol. The topological polar surface area (TPSA) is 76.3 Å². The van der Waals surface area contributed by atoms with Crippen molar-refractivity contribution in [1.29, 1.82) is 5.26 Å². The average Bonchev–Trinajstić information content (AvgIpc) is 3.05. The summed E-state index contributed by atoms with van der Waals surface area (Å²) in [7, 11) is 0. The van der Waals surface area contributed by atoms with E-state index in [0.717, 1.165) is 10.9 Å². The van der Waals surface area contributed by atoms with E-state index in [0.29, 0.717) is 42.3 Å². The lowest BCUT2D eigenvalue weighted by Gasteiger charge is -2.13. The van der Waals surface area contributed by atoms with Gasteiger partial charge in [-0.25, -0.2) is 9.18 Å². The van der Waals surface area contributed by atoms with Crippen LogP contribution in [0.15, 0.2) is 36.4 Å². The second-order valence-corrected chi connectivity index (χ2v) is 7.38. The van der Waals surface area contributed by atoms with Crippen LogP contribution in [0.4, 0.5) is 14.9 Å². The van der Waals surface area contributed by atoms with Crippen LogP contribution in [0, 0.1) is 17.1 Å². The van der Waals surface area contributed by atoms with E-state index in [4.69, 9.17) is 9.47 Å². The Bertz CT molecular complexity index is 1150. The summed E-state index contributed by atoms with van der Waals surface area (Å²) in [6, 6.07) is 12.0. The number of hydrogen-bond acceptors (Lipinski definition) is 4. The first-order valence-electron chi connectivity index (χ1n) is 10.4. The number of anilines is 1. The number of nitriles is 1. The van der Waals surface area contributed by atoms with Crippen LogP contribution in [-0.4, -0.2) is 23.4 Å². The summed E-state index contributed by atoms with van der Waals surface area (Å²) in [6.45, 7) is 8.52. The van der Waals surface area contributed by atoms with Gasteiger partial charge in [0.05, 0.1) is 29.5 Å².